The zero-order chi connectivity index (χ0) is 28.9. The standard InChI is InChI=1S/C33H36N2O5S/c1-24(20-34-33(38)21-40-27-12-3-2-4-13-27)16-17-32(37)35-30(31(36)23-41-22-28-14-8-18-39-28)19-26-11-7-10-25-9-5-6-15-29(25)26/h2-15,18,24,30H,16-17,19-23H2,1H3,(H,34,38)(H,35,37)/t24-,30?/m0/s1. The number of nitrogens with one attached hydrogen (secondary N) is 2. The number of carbonyl (C=O) groups is 3. The molecule has 0 bridgehead atoms. The van der Waals surface area contributed by atoms with Crippen molar-refractivity contribution < 1.29 is 23.5 Å². The fraction of sp³-hybridized carbons (Fsp3) is 0.303. The fourth-order valence-corrected chi connectivity index (χ4v) is 5.30. The number of benzene rings is 3. The van der Waals surface area contributed by atoms with Crippen LogP contribution in [0.4, 0.5) is 0 Å². The number of hydrogen-bond donors (Lipinski definition) is 2. The maximum absolute atomic E-state index is 13.3. The van der Waals surface area contributed by atoms with E-state index in [9.17, 15) is 14.4 Å². The van der Waals surface area contributed by atoms with Crippen LogP contribution >= 0.6 is 11.8 Å². The Labute approximate surface area is 245 Å². The van der Waals surface area contributed by atoms with E-state index in [0.29, 0.717) is 30.9 Å². The van der Waals surface area contributed by atoms with E-state index in [2.05, 4.69) is 10.6 Å². The number of rotatable bonds is 16. The molecule has 0 fully saturated rings. The van der Waals surface area contributed by atoms with Crippen LogP contribution in [0.15, 0.2) is 95.6 Å². The number of Topliss-reactive ketones (excluding diaryl/α,β-unsaturated/α-hetero) is 1. The molecule has 2 amide bonds. The Hall–Kier alpha value is -4.04. The molecule has 0 aliphatic rings. The monoisotopic (exact) mass is 572 g/mol. The van der Waals surface area contributed by atoms with Crippen molar-refractivity contribution in [2.75, 3.05) is 18.9 Å². The number of para-hydroxylation sites is 1. The van der Waals surface area contributed by atoms with Crippen molar-refractivity contribution in [2.24, 2.45) is 5.92 Å². The number of carbonyl (C=O) groups excluding carboxylic acids is 3. The molecule has 0 aliphatic carbocycles. The Morgan fingerprint density at radius 1 is 0.902 bits per heavy atom. The van der Waals surface area contributed by atoms with Crippen LogP contribution in [0.3, 0.4) is 0 Å². The molecule has 0 radical (unpaired) electrons. The number of fused-ring (bicyclic) bond motifs is 1. The minimum Gasteiger partial charge on any atom is -0.484 e. The molecular formula is C33H36N2O5S. The Morgan fingerprint density at radius 2 is 1.68 bits per heavy atom. The van der Waals surface area contributed by atoms with Crippen molar-refractivity contribution in [1.29, 1.82) is 0 Å². The van der Waals surface area contributed by atoms with E-state index in [1.54, 1.807) is 18.4 Å². The number of hydrogen-bond acceptors (Lipinski definition) is 6. The van der Waals surface area contributed by atoms with Crippen molar-refractivity contribution in [3.63, 3.8) is 0 Å². The maximum atomic E-state index is 13.3. The lowest BCUT2D eigenvalue weighted by Crippen LogP contribution is -2.43. The van der Waals surface area contributed by atoms with Gasteiger partial charge in [0.1, 0.15) is 11.5 Å². The molecular weight excluding hydrogens is 536 g/mol. The second-order valence-corrected chi connectivity index (χ2v) is 11.0. The SMILES string of the molecule is C[C@@H](CCC(=O)NC(Cc1cccc2ccccc12)C(=O)CSCc1ccco1)CNC(=O)COc1ccccc1. The lowest BCUT2D eigenvalue weighted by atomic mass is 9.97. The van der Waals surface area contributed by atoms with E-state index in [1.165, 1.54) is 11.8 Å². The highest BCUT2D eigenvalue weighted by Crippen LogP contribution is 2.21. The molecule has 0 aliphatic heterocycles. The maximum Gasteiger partial charge on any atom is 0.257 e. The molecule has 3 aromatic carbocycles. The topological polar surface area (TPSA) is 97.6 Å². The van der Waals surface area contributed by atoms with Crippen LogP contribution in [-0.4, -0.2) is 42.5 Å². The van der Waals surface area contributed by atoms with E-state index in [-0.39, 0.29) is 42.3 Å². The third kappa shape index (κ3) is 9.83. The minimum absolute atomic E-state index is 0.0263. The van der Waals surface area contributed by atoms with Gasteiger partial charge in [0.05, 0.1) is 23.8 Å². The fourth-order valence-electron chi connectivity index (χ4n) is 4.43. The second-order valence-electron chi connectivity index (χ2n) is 10.1. The molecule has 1 heterocycles. The van der Waals surface area contributed by atoms with Crippen molar-refractivity contribution in [3.05, 3.63) is 103 Å². The number of thioether (sulfide) groups is 1. The summed E-state index contributed by atoms with van der Waals surface area (Å²) in [5, 5.41) is 8.03. The summed E-state index contributed by atoms with van der Waals surface area (Å²) in [6.07, 6.45) is 2.87. The number of furan rings is 1. The van der Waals surface area contributed by atoms with E-state index >= 15 is 0 Å². The van der Waals surface area contributed by atoms with Crippen LogP contribution in [-0.2, 0) is 26.6 Å². The summed E-state index contributed by atoms with van der Waals surface area (Å²) in [5.74, 6) is 1.98. The molecule has 214 valence electrons. The first-order chi connectivity index (χ1) is 20.0. The average Bonchev–Trinajstić information content (AvgIpc) is 3.52. The van der Waals surface area contributed by atoms with Crippen LogP contribution in [0.5, 0.6) is 5.75 Å². The van der Waals surface area contributed by atoms with Crippen LogP contribution in [0, 0.1) is 5.92 Å². The van der Waals surface area contributed by atoms with Crippen molar-refractivity contribution in [3.8, 4) is 5.75 Å². The highest BCUT2D eigenvalue weighted by molar-refractivity contribution is 7.99. The molecule has 0 saturated carbocycles. The summed E-state index contributed by atoms with van der Waals surface area (Å²) in [4.78, 5) is 38.4. The van der Waals surface area contributed by atoms with Gasteiger partial charge in [-0.25, -0.2) is 0 Å². The van der Waals surface area contributed by atoms with Gasteiger partial charge in [0, 0.05) is 19.4 Å². The van der Waals surface area contributed by atoms with E-state index in [0.717, 1.165) is 22.1 Å². The van der Waals surface area contributed by atoms with Gasteiger partial charge in [-0.05, 0) is 52.9 Å². The third-order valence-electron chi connectivity index (χ3n) is 6.72. The van der Waals surface area contributed by atoms with Gasteiger partial charge in [-0.2, -0.15) is 0 Å². The van der Waals surface area contributed by atoms with Crippen molar-refractivity contribution in [2.45, 2.75) is 38.0 Å². The zero-order valence-electron chi connectivity index (χ0n) is 23.2. The summed E-state index contributed by atoms with van der Waals surface area (Å²) in [7, 11) is 0. The molecule has 4 aromatic rings. The molecule has 0 spiro atoms. The normalized spacial score (nSPS) is 12.4. The predicted octanol–water partition coefficient (Wildman–Crippen LogP) is 5.57. The van der Waals surface area contributed by atoms with Crippen LogP contribution in [0.25, 0.3) is 10.8 Å². The Kier molecular flexibility index (Phi) is 11.4. The number of ketones is 1. The summed E-state index contributed by atoms with van der Waals surface area (Å²) >= 11 is 1.47. The summed E-state index contributed by atoms with van der Waals surface area (Å²) < 4.78 is 10.8. The molecule has 2 N–H and O–H groups in total. The van der Waals surface area contributed by atoms with Gasteiger partial charge in [-0.15, -0.1) is 11.8 Å². The molecule has 1 aromatic heterocycles. The molecule has 4 rings (SSSR count). The van der Waals surface area contributed by atoms with Gasteiger partial charge < -0.3 is 19.8 Å². The number of ether oxygens (including phenoxy) is 1. The largest absolute Gasteiger partial charge is 0.484 e. The van der Waals surface area contributed by atoms with Gasteiger partial charge in [0.25, 0.3) is 5.91 Å². The summed E-state index contributed by atoms with van der Waals surface area (Å²) in [6.45, 7) is 2.36. The molecule has 8 heteroatoms. The number of amides is 2. The molecule has 7 nitrogen and oxygen atoms in total. The minimum atomic E-state index is -0.637. The van der Waals surface area contributed by atoms with Gasteiger partial charge in [-0.1, -0.05) is 67.6 Å². The van der Waals surface area contributed by atoms with E-state index in [1.807, 2.05) is 79.7 Å². The first-order valence-corrected chi connectivity index (χ1v) is 15.0. The summed E-state index contributed by atoms with van der Waals surface area (Å²) in [5.41, 5.74) is 1.02. The Bertz CT molecular complexity index is 1400. The van der Waals surface area contributed by atoms with E-state index < -0.39 is 6.04 Å². The first kappa shape index (κ1) is 29.9. The smallest absolute Gasteiger partial charge is 0.257 e. The summed E-state index contributed by atoms with van der Waals surface area (Å²) in [6, 6.07) is 26.3. The lowest BCUT2D eigenvalue weighted by Gasteiger charge is -2.20. The Morgan fingerprint density at radius 3 is 2.49 bits per heavy atom. The average molecular weight is 573 g/mol. The predicted molar refractivity (Wildman–Crippen MR) is 163 cm³/mol. The highest BCUT2D eigenvalue weighted by atomic mass is 32.2. The molecule has 1 unspecified atom stereocenters. The Balaban J connectivity index is 1.28. The van der Waals surface area contributed by atoms with Gasteiger partial charge in [0.2, 0.25) is 5.91 Å². The van der Waals surface area contributed by atoms with Gasteiger partial charge in [-0.3, -0.25) is 14.4 Å². The van der Waals surface area contributed by atoms with Crippen LogP contribution in [0.1, 0.15) is 31.1 Å². The van der Waals surface area contributed by atoms with Gasteiger partial charge in [0.15, 0.2) is 12.4 Å². The van der Waals surface area contributed by atoms with Crippen molar-refractivity contribution >= 4 is 40.1 Å². The first-order valence-electron chi connectivity index (χ1n) is 13.8. The second kappa shape index (κ2) is 15.7. The molecule has 2 atom stereocenters. The van der Waals surface area contributed by atoms with Crippen LogP contribution in [0.2, 0.25) is 0 Å². The lowest BCUT2D eigenvalue weighted by molar-refractivity contribution is -0.126. The zero-order valence-corrected chi connectivity index (χ0v) is 24.0. The third-order valence-corrected chi connectivity index (χ3v) is 7.70. The van der Waals surface area contributed by atoms with Gasteiger partial charge >= 0.3 is 0 Å². The highest BCUT2D eigenvalue weighted by Gasteiger charge is 2.22. The molecule has 41 heavy (non-hydrogen) atoms. The van der Waals surface area contributed by atoms with Crippen LogP contribution < -0.4 is 15.4 Å². The van der Waals surface area contributed by atoms with E-state index in [4.69, 9.17) is 9.15 Å². The van der Waals surface area contributed by atoms with Crippen molar-refractivity contribution in [1.82, 2.24) is 10.6 Å². The molecule has 0 saturated heterocycles. The quantitative estimate of drug-likeness (QED) is 0.182.